The van der Waals surface area contributed by atoms with Gasteiger partial charge in [-0.1, -0.05) is 43.1 Å². The number of fused-ring (bicyclic) bond motifs is 3. The number of benzene rings is 2. The van der Waals surface area contributed by atoms with Crippen LogP contribution in [0.2, 0.25) is 10.0 Å². The molecule has 140 valence electrons. The first kappa shape index (κ1) is 18.4. The molecule has 0 atom stereocenters. The Balaban J connectivity index is 1.70. The molecule has 0 aliphatic carbocycles. The number of ketones is 1. The minimum Gasteiger partial charge on any atom is -0.478 e. The van der Waals surface area contributed by atoms with Crippen LogP contribution in [0.5, 0.6) is 11.5 Å². The molecule has 2 aliphatic rings. The Hall–Kier alpha value is -2.01. The normalized spacial score (nSPS) is 17.7. The Morgan fingerprint density at radius 2 is 1.93 bits per heavy atom. The highest BCUT2D eigenvalue weighted by Crippen LogP contribution is 2.42. The lowest BCUT2D eigenvalue weighted by molar-refractivity contribution is 0.0832. The van der Waals surface area contributed by atoms with Gasteiger partial charge in [-0.2, -0.15) is 0 Å². The fourth-order valence-corrected chi connectivity index (χ4v) is 3.92. The number of rotatable bonds is 3. The molecule has 2 aromatic rings. The molecular formula is C21H19Cl2NO3. The van der Waals surface area contributed by atoms with Crippen molar-refractivity contribution in [2.75, 3.05) is 13.3 Å². The van der Waals surface area contributed by atoms with Crippen LogP contribution in [0.4, 0.5) is 0 Å². The molecule has 4 nitrogen and oxygen atoms in total. The molecule has 0 spiro atoms. The molecule has 0 aromatic heterocycles. The average molecular weight is 404 g/mol. The van der Waals surface area contributed by atoms with Crippen molar-refractivity contribution in [3.05, 3.63) is 62.8 Å². The molecule has 0 bridgehead atoms. The van der Waals surface area contributed by atoms with Crippen molar-refractivity contribution in [2.24, 2.45) is 5.92 Å². The zero-order chi connectivity index (χ0) is 19.1. The standard InChI is InChI=1S/C21H19Cl2NO3/c1-12(2)9-24-10-15-18(26-11-24)7-6-13-20(25)19(27-21(13)15)8-14-16(22)4-3-5-17(14)23/h3-8,12H,9-11H2,1-2H3/b19-8-. The summed E-state index contributed by atoms with van der Waals surface area (Å²) >= 11 is 12.5. The van der Waals surface area contributed by atoms with Gasteiger partial charge in [0.25, 0.3) is 0 Å². The summed E-state index contributed by atoms with van der Waals surface area (Å²) < 4.78 is 11.8. The van der Waals surface area contributed by atoms with Gasteiger partial charge in [0.1, 0.15) is 18.2 Å². The molecule has 2 aliphatic heterocycles. The van der Waals surface area contributed by atoms with E-state index >= 15 is 0 Å². The van der Waals surface area contributed by atoms with E-state index in [0.29, 0.717) is 46.1 Å². The number of carbonyl (C=O) groups is 1. The predicted molar refractivity (Wildman–Crippen MR) is 107 cm³/mol. The summed E-state index contributed by atoms with van der Waals surface area (Å²) in [6.07, 6.45) is 1.61. The lowest BCUT2D eigenvalue weighted by atomic mass is 10.0. The number of hydrogen-bond donors (Lipinski definition) is 0. The van der Waals surface area contributed by atoms with Gasteiger partial charge in [0.05, 0.1) is 11.1 Å². The van der Waals surface area contributed by atoms with E-state index in [2.05, 4.69) is 18.7 Å². The third-order valence-electron chi connectivity index (χ3n) is 4.58. The van der Waals surface area contributed by atoms with Crippen LogP contribution < -0.4 is 9.47 Å². The molecule has 27 heavy (non-hydrogen) atoms. The van der Waals surface area contributed by atoms with Gasteiger partial charge in [0.15, 0.2) is 5.76 Å². The first-order chi connectivity index (χ1) is 12.9. The Morgan fingerprint density at radius 1 is 1.19 bits per heavy atom. The first-order valence-electron chi connectivity index (χ1n) is 8.83. The Morgan fingerprint density at radius 3 is 2.63 bits per heavy atom. The molecule has 0 N–H and O–H groups in total. The number of carbonyl (C=O) groups excluding carboxylic acids is 1. The van der Waals surface area contributed by atoms with E-state index in [-0.39, 0.29) is 11.5 Å². The van der Waals surface area contributed by atoms with E-state index in [0.717, 1.165) is 17.9 Å². The number of allylic oxidation sites excluding steroid dienone is 1. The second-order valence-corrected chi connectivity index (χ2v) is 7.99. The van der Waals surface area contributed by atoms with Gasteiger partial charge in [-0.05, 0) is 36.3 Å². The number of Topliss-reactive ketones (excluding diaryl/α,β-unsaturated/α-hetero) is 1. The van der Waals surface area contributed by atoms with Crippen LogP contribution in [-0.4, -0.2) is 24.0 Å². The van der Waals surface area contributed by atoms with Crippen LogP contribution in [-0.2, 0) is 6.54 Å². The molecule has 0 radical (unpaired) electrons. The Kier molecular flexibility index (Phi) is 4.89. The van der Waals surface area contributed by atoms with Crippen molar-refractivity contribution in [1.29, 1.82) is 0 Å². The molecule has 2 aromatic carbocycles. The van der Waals surface area contributed by atoms with E-state index in [9.17, 15) is 4.79 Å². The zero-order valence-corrected chi connectivity index (χ0v) is 16.6. The molecule has 0 amide bonds. The number of nitrogens with zero attached hydrogens (tertiary/aromatic N) is 1. The van der Waals surface area contributed by atoms with Crippen molar-refractivity contribution >= 4 is 35.1 Å². The zero-order valence-electron chi connectivity index (χ0n) is 15.1. The van der Waals surface area contributed by atoms with E-state index in [1.165, 1.54) is 0 Å². The van der Waals surface area contributed by atoms with Gasteiger partial charge < -0.3 is 9.47 Å². The summed E-state index contributed by atoms with van der Waals surface area (Å²) in [7, 11) is 0. The molecule has 0 unspecified atom stereocenters. The predicted octanol–water partition coefficient (Wildman–Crippen LogP) is 5.42. The fraction of sp³-hybridized carbons (Fsp3) is 0.286. The Labute approximate surface area is 168 Å². The molecule has 0 saturated heterocycles. The smallest absolute Gasteiger partial charge is 0.231 e. The number of halogens is 2. The van der Waals surface area contributed by atoms with Crippen molar-refractivity contribution < 1.29 is 14.3 Å². The SMILES string of the molecule is CC(C)CN1COc2ccc3c(c2C1)O/C(=C\c1c(Cl)cccc1Cl)C3=O. The summed E-state index contributed by atoms with van der Waals surface area (Å²) in [4.78, 5) is 15.0. The van der Waals surface area contributed by atoms with Gasteiger partial charge in [-0.25, -0.2) is 0 Å². The van der Waals surface area contributed by atoms with Gasteiger partial charge in [0.2, 0.25) is 5.78 Å². The molecule has 6 heteroatoms. The summed E-state index contributed by atoms with van der Waals surface area (Å²) in [5.41, 5.74) is 2.02. The average Bonchev–Trinajstić information content (AvgIpc) is 2.94. The minimum absolute atomic E-state index is 0.176. The first-order valence-corrected chi connectivity index (χ1v) is 9.59. The Bertz CT molecular complexity index is 932. The van der Waals surface area contributed by atoms with Crippen LogP contribution in [0.15, 0.2) is 36.1 Å². The minimum atomic E-state index is -0.176. The van der Waals surface area contributed by atoms with Crippen molar-refractivity contribution in [1.82, 2.24) is 4.90 Å². The molecule has 0 fully saturated rings. The molecule has 4 rings (SSSR count). The highest BCUT2D eigenvalue weighted by atomic mass is 35.5. The topological polar surface area (TPSA) is 38.8 Å². The highest BCUT2D eigenvalue weighted by molar-refractivity contribution is 6.37. The third-order valence-corrected chi connectivity index (χ3v) is 5.24. The maximum Gasteiger partial charge on any atom is 0.231 e. The highest BCUT2D eigenvalue weighted by Gasteiger charge is 2.33. The lowest BCUT2D eigenvalue weighted by Gasteiger charge is -2.30. The van der Waals surface area contributed by atoms with Crippen LogP contribution >= 0.6 is 23.2 Å². The number of hydrogen-bond acceptors (Lipinski definition) is 4. The second-order valence-electron chi connectivity index (χ2n) is 7.17. The van der Waals surface area contributed by atoms with E-state index in [4.69, 9.17) is 32.7 Å². The summed E-state index contributed by atoms with van der Waals surface area (Å²) in [6, 6.07) is 8.81. The van der Waals surface area contributed by atoms with E-state index in [1.807, 2.05) is 6.07 Å². The third kappa shape index (κ3) is 3.45. The van der Waals surface area contributed by atoms with Crippen molar-refractivity contribution in [3.8, 4) is 11.5 Å². The molecular weight excluding hydrogens is 385 g/mol. The number of ether oxygens (including phenoxy) is 2. The van der Waals surface area contributed by atoms with E-state index < -0.39 is 0 Å². The van der Waals surface area contributed by atoms with Gasteiger partial charge in [-0.15, -0.1) is 0 Å². The van der Waals surface area contributed by atoms with Gasteiger partial charge in [0, 0.05) is 28.7 Å². The molecule has 0 saturated carbocycles. The van der Waals surface area contributed by atoms with Crippen LogP contribution in [0, 0.1) is 5.92 Å². The van der Waals surface area contributed by atoms with Crippen molar-refractivity contribution in [2.45, 2.75) is 20.4 Å². The summed E-state index contributed by atoms with van der Waals surface area (Å²) in [6.45, 7) is 6.47. The van der Waals surface area contributed by atoms with Gasteiger partial charge >= 0.3 is 0 Å². The second kappa shape index (κ2) is 7.19. The quantitative estimate of drug-likeness (QED) is 0.641. The molecule has 2 heterocycles. The largest absolute Gasteiger partial charge is 0.478 e. The van der Waals surface area contributed by atoms with Crippen LogP contribution in [0.3, 0.4) is 0 Å². The van der Waals surface area contributed by atoms with Crippen LogP contribution in [0.1, 0.15) is 35.3 Å². The van der Waals surface area contributed by atoms with E-state index in [1.54, 1.807) is 30.3 Å². The summed E-state index contributed by atoms with van der Waals surface area (Å²) in [5.74, 6) is 1.89. The lowest BCUT2D eigenvalue weighted by Crippen LogP contribution is -2.34. The summed E-state index contributed by atoms with van der Waals surface area (Å²) in [5, 5.41) is 0.937. The van der Waals surface area contributed by atoms with Crippen LogP contribution in [0.25, 0.3) is 6.08 Å². The van der Waals surface area contributed by atoms with Crippen molar-refractivity contribution in [3.63, 3.8) is 0 Å². The maximum atomic E-state index is 12.8. The maximum absolute atomic E-state index is 12.8. The fourth-order valence-electron chi connectivity index (χ4n) is 3.42. The van der Waals surface area contributed by atoms with Gasteiger partial charge in [-0.3, -0.25) is 9.69 Å². The monoisotopic (exact) mass is 403 g/mol.